The van der Waals surface area contributed by atoms with Gasteiger partial charge in [0.15, 0.2) is 5.65 Å². The molecule has 0 unspecified atom stereocenters. The number of nitrogens with one attached hydrogen (secondary N) is 1. The first kappa shape index (κ1) is 20.8. The van der Waals surface area contributed by atoms with E-state index in [0.29, 0.717) is 17.9 Å². The van der Waals surface area contributed by atoms with E-state index in [-0.39, 0.29) is 11.9 Å². The minimum Gasteiger partial charge on any atom is -0.386 e. The highest BCUT2D eigenvalue weighted by Gasteiger charge is 2.33. The number of benzene rings is 2. The highest BCUT2D eigenvalue weighted by Crippen LogP contribution is 2.35. The minimum absolute atomic E-state index is 0.274. The van der Waals surface area contributed by atoms with Crippen LogP contribution in [0.5, 0.6) is 0 Å². The van der Waals surface area contributed by atoms with Crippen molar-refractivity contribution in [3.63, 3.8) is 0 Å². The molecule has 6 nitrogen and oxygen atoms in total. The van der Waals surface area contributed by atoms with Gasteiger partial charge in [-0.15, -0.1) is 0 Å². The zero-order valence-corrected chi connectivity index (χ0v) is 18.2. The van der Waals surface area contributed by atoms with Crippen LogP contribution >= 0.6 is 0 Å². The summed E-state index contributed by atoms with van der Waals surface area (Å²) in [5.41, 5.74) is 5.27. The molecule has 0 saturated heterocycles. The lowest BCUT2D eigenvalue weighted by Crippen LogP contribution is -2.35. The maximum atomic E-state index is 13.7. The summed E-state index contributed by atoms with van der Waals surface area (Å²) in [7, 11) is 0. The van der Waals surface area contributed by atoms with Crippen molar-refractivity contribution < 1.29 is 14.6 Å². The van der Waals surface area contributed by atoms with Gasteiger partial charge < -0.3 is 15.5 Å². The largest absolute Gasteiger partial charge is 0.386 e. The van der Waals surface area contributed by atoms with Crippen LogP contribution in [-0.4, -0.2) is 31.4 Å². The van der Waals surface area contributed by atoms with Crippen molar-refractivity contribution in [3.8, 4) is 11.3 Å². The molecule has 1 aliphatic rings. The second-order valence-corrected chi connectivity index (χ2v) is 8.87. The van der Waals surface area contributed by atoms with Gasteiger partial charge in [-0.3, -0.25) is 0 Å². The number of β-amino-alcohol motifs (C(OH)–C–C–N with tert-alkyl or cyclic N) is 1. The fourth-order valence-electron chi connectivity index (χ4n) is 4.33. The van der Waals surface area contributed by atoms with Crippen LogP contribution in [0.15, 0.2) is 54.6 Å². The van der Waals surface area contributed by atoms with Crippen LogP contribution in [0, 0.1) is 12.7 Å². The number of nitrogens with zero attached hydrogens (tertiary/aromatic N) is 3. The first-order chi connectivity index (χ1) is 15.2. The first-order valence-corrected chi connectivity index (χ1v) is 10.6. The zero-order chi connectivity index (χ0) is 22.6. The van der Waals surface area contributed by atoms with Gasteiger partial charge in [-0.1, -0.05) is 30.3 Å². The molecule has 0 fully saturated rings. The summed E-state index contributed by atoms with van der Waals surface area (Å²) in [6.45, 7) is 5.72. The molecule has 5 rings (SSSR count). The maximum Gasteiger partial charge on any atom is 0.154 e. The second kappa shape index (κ2) is 7.48. The number of aromatic nitrogens is 3. The monoisotopic (exact) mass is 432 g/mol. The second-order valence-electron chi connectivity index (χ2n) is 8.87. The van der Waals surface area contributed by atoms with E-state index in [2.05, 4.69) is 10.3 Å². The van der Waals surface area contributed by atoms with Crippen LogP contribution in [-0.2, 0) is 5.60 Å². The Morgan fingerprint density at radius 1 is 1.09 bits per heavy atom. The predicted octanol–water partition coefficient (Wildman–Crippen LogP) is 3.80. The number of fused-ring (bicyclic) bond motifs is 3. The Bertz CT molecular complexity index is 1310. The molecule has 32 heavy (non-hydrogen) atoms. The molecule has 0 spiro atoms. The number of rotatable bonds is 3. The Labute approximate surface area is 185 Å². The van der Waals surface area contributed by atoms with E-state index in [9.17, 15) is 14.6 Å². The number of aliphatic hydroxyl groups excluding tert-OH is 1. The molecular formula is C25H25FN4O2. The summed E-state index contributed by atoms with van der Waals surface area (Å²) in [6, 6.07) is 15.9. The van der Waals surface area contributed by atoms with Crippen molar-refractivity contribution in [2.24, 2.45) is 0 Å². The normalized spacial score (nSPS) is 18.7. The quantitative estimate of drug-likeness (QED) is 0.459. The third-order valence-corrected chi connectivity index (χ3v) is 6.07. The lowest BCUT2D eigenvalue weighted by molar-refractivity contribution is 0.0786. The lowest BCUT2D eigenvalue weighted by atomic mass is 9.93. The Morgan fingerprint density at radius 3 is 2.53 bits per heavy atom. The molecular weight excluding hydrogens is 407 g/mol. The van der Waals surface area contributed by atoms with Gasteiger partial charge >= 0.3 is 0 Å². The van der Waals surface area contributed by atoms with Crippen molar-refractivity contribution >= 4 is 5.65 Å². The standard InChI is InChI=1S/C25H25FN4O2/c1-14-12-17(26)8-9-18(14)22-24-23(20(31)13-27-22)28-21-11-10-19(29-30(21)24)15-4-6-16(7-5-15)25(2,3)32/h4-12,20,22,27,31-32H,13H2,1-3H3/t20-,22-/m0/s1. The summed E-state index contributed by atoms with van der Waals surface area (Å²) < 4.78 is 15.5. The Balaban J connectivity index is 1.64. The third kappa shape index (κ3) is 3.48. The molecule has 4 aromatic rings. The van der Waals surface area contributed by atoms with Crippen molar-refractivity contribution in [2.75, 3.05) is 6.54 Å². The smallest absolute Gasteiger partial charge is 0.154 e. The molecule has 164 valence electrons. The van der Waals surface area contributed by atoms with E-state index in [1.54, 1.807) is 24.4 Å². The molecule has 0 aliphatic carbocycles. The molecule has 3 heterocycles. The zero-order valence-electron chi connectivity index (χ0n) is 18.2. The molecule has 1 aliphatic heterocycles. The summed E-state index contributed by atoms with van der Waals surface area (Å²) in [5, 5.41) is 29.0. The van der Waals surface area contributed by atoms with Gasteiger partial charge in [0, 0.05) is 12.1 Å². The van der Waals surface area contributed by atoms with E-state index >= 15 is 0 Å². The number of imidazole rings is 1. The van der Waals surface area contributed by atoms with Gasteiger partial charge in [0.25, 0.3) is 0 Å². The molecule has 2 aromatic carbocycles. The van der Waals surface area contributed by atoms with E-state index in [4.69, 9.17) is 5.10 Å². The lowest BCUT2D eigenvalue weighted by Gasteiger charge is -2.28. The van der Waals surface area contributed by atoms with Crippen molar-refractivity contribution in [1.82, 2.24) is 19.9 Å². The van der Waals surface area contributed by atoms with Gasteiger partial charge in [-0.05, 0) is 61.7 Å². The highest BCUT2D eigenvalue weighted by molar-refractivity contribution is 5.61. The average molecular weight is 432 g/mol. The van der Waals surface area contributed by atoms with Crippen molar-refractivity contribution in [1.29, 1.82) is 0 Å². The molecule has 7 heteroatoms. The fourth-order valence-corrected chi connectivity index (χ4v) is 4.33. The SMILES string of the molecule is Cc1cc(F)ccc1[C@@H]1NC[C@H](O)c2nc3ccc(-c4ccc(C(C)(C)O)cc4)nn3c21. The Hall–Kier alpha value is -3.13. The van der Waals surface area contributed by atoms with Crippen LogP contribution in [0.25, 0.3) is 16.9 Å². The first-order valence-electron chi connectivity index (χ1n) is 10.6. The Kier molecular flexibility index (Phi) is 4.85. The van der Waals surface area contributed by atoms with E-state index < -0.39 is 11.7 Å². The van der Waals surface area contributed by atoms with E-state index in [0.717, 1.165) is 33.6 Å². The van der Waals surface area contributed by atoms with Crippen molar-refractivity contribution in [3.05, 3.63) is 88.5 Å². The molecule has 2 aromatic heterocycles. The topological polar surface area (TPSA) is 82.7 Å². The summed E-state index contributed by atoms with van der Waals surface area (Å²) in [5.74, 6) is -0.282. The predicted molar refractivity (Wildman–Crippen MR) is 120 cm³/mol. The summed E-state index contributed by atoms with van der Waals surface area (Å²) in [6.07, 6.45) is -0.752. The van der Waals surface area contributed by atoms with Crippen LogP contribution in [0.3, 0.4) is 0 Å². The van der Waals surface area contributed by atoms with Crippen LogP contribution in [0.2, 0.25) is 0 Å². The van der Waals surface area contributed by atoms with Crippen LogP contribution < -0.4 is 5.32 Å². The summed E-state index contributed by atoms with van der Waals surface area (Å²) >= 11 is 0. The maximum absolute atomic E-state index is 13.7. The number of aliphatic hydroxyl groups is 2. The van der Waals surface area contributed by atoms with Gasteiger partial charge in [-0.25, -0.2) is 13.9 Å². The van der Waals surface area contributed by atoms with Gasteiger partial charge in [0.2, 0.25) is 0 Å². The van der Waals surface area contributed by atoms with E-state index in [1.807, 2.05) is 43.3 Å². The highest BCUT2D eigenvalue weighted by atomic mass is 19.1. The van der Waals surface area contributed by atoms with Crippen molar-refractivity contribution in [2.45, 2.75) is 38.5 Å². The molecule has 2 atom stereocenters. The number of aryl methyl sites for hydroxylation is 1. The molecule has 0 radical (unpaired) electrons. The number of halogens is 1. The van der Waals surface area contributed by atoms with Gasteiger partial charge in [0.05, 0.1) is 28.7 Å². The van der Waals surface area contributed by atoms with Crippen LogP contribution in [0.1, 0.15) is 54.1 Å². The van der Waals surface area contributed by atoms with Gasteiger partial charge in [-0.2, -0.15) is 5.10 Å². The average Bonchev–Trinajstić information content (AvgIpc) is 3.14. The molecule has 3 N–H and O–H groups in total. The molecule has 0 saturated carbocycles. The van der Waals surface area contributed by atoms with Gasteiger partial charge in [0.1, 0.15) is 11.9 Å². The van der Waals surface area contributed by atoms with E-state index in [1.165, 1.54) is 12.1 Å². The Morgan fingerprint density at radius 2 is 1.84 bits per heavy atom. The number of hydrogen-bond acceptors (Lipinski definition) is 5. The number of hydrogen-bond donors (Lipinski definition) is 3. The minimum atomic E-state index is -0.915. The molecule has 0 bridgehead atoms. The fraction of sp³-hybridized carbons (Fsp3) is 0.280. The van der Waals surface area contributed by atoms with Crippen LogP contribution in [0.4, 0.5) is 4.39 Å². The molecule has 0 amide bonds. The third-order valence-electron chi connectivity index (χ3n) is 6.07. The summed E-state index contributed by atoms with van der Waals surface area (Å²) in [4.78, 5) is 4.64.